The van der Waals surface area contributed by atoms with Crippen LogP contribution >= 0.6 is 0 Å². The Balaban J connectivity index is 2.17. The summed E-state index contributed by atoms with van der Waals surface area (Å²) in [6.07, 6.45) is 2.54. The maximum absolute atomic E-state index is 12.7. The molecule has 0 saturated heterocycles. The summed E-state index contributed by atoms with van der Waals surface area (Å²) < 4.78 is 31.7. The summed E-state index contributed by atoms with van der Waals surface area (Å²) in [5.41, 5.74) is 2.50. The van der Waals surface area contributed by atoms with Crippen molar-refractivity contribution >= 4 is 0 Å². The third-order valence-electron chi connectivity index (χ3n) is 3.01. The van der Waals surface area contributed by atoms with Crippen LogP contribution in [0.1, 0.15) is 29.1 Å². The highest BCUT2D eigenvalue weighted by Gasteiger charge is 2.13. The number of aliphatic hydroxyl groups is 1. The van der Waals surface area contributed by atoms with Gasteiger partial charge < -0.3 is 9.84 Å². The van der Waals surface area contributed by atoms with Crippen LogP contribution in [-0.4, -0.2) is 14.7 Å². The summed E-state index contributed by atoms with van der Waals surface area (Å²) in [5.74, 6) is 0.802. The zero-order valence-corrected chi connectivity index (χ0v) is 11.3. The number of halogens is 2. The maximum atomic E-state index is 12.7. The van der Waals surface area contributed by atoms with Crippen LogP contribution < -0.4 is 4.74 Å². The standard InChI is InChI=1S/C14H16F2N2O2/c1-9-5-11(7-19)6-10(2)13(9)20-8-12-17-3-4-18(12)14(15)16/h3-6,14,19H,7-8H2,1-2H3. The Bertz CT molecular complexity index is 574. The largest absolute Gasteiger partial charge is 0.485 e. The molecule has 0 aliphatic rings. The molecule has 4 nitrogen and oxygen atoms in total. The predicted molar refractivity (Wildman–Crippen MR) is 69.7 cm³/mol. The van der Waals surface area contributed by atoms with Gasteiger partial charge in [-0.3, -0.25) is 4.57 Å². The minimum Gasteiger partial charge on any atom is -0.485 e. The molecule has 0 amide bonds. The molecule has 0 bridgehead atoms. The fourth-order valence-electron chi connectivity index (χ4n) is 2.13. The van der Waals surface area contributed by atoms with E-state index in [4.69, 9.17) is 9.84 Å². The molecule has 0 atom stereocenters. The summed E-state index contributed by atoms with van der Waals surface area (Å²) >= 11 is 0. The molecule has 0 saturated carbocycles. The smallest absolute Gasteiger partial charge is 0.320 e. The Morgan fingerprint density at radius 3 is 2.50 bits per heavy atom. The van der Waals surface area contributed by atoms with E-state index in [1.807, 2.05) is 26.0 Å². The topological polar surface area (TPSA) is 47.3 Å². The lowest BCUT2D eigenvalue weighted by molar-refractivity contribution is 0.0632. The van der Waals surface area contributed by atoms with Crippen LogP contribution in [0.4, 0.5) is 8.78 Å². The van der Waals surface area contributed by atoms with Crippen LogP contribution in [0.15, 0.2) is 24.5 Å². The molecule has 0 aliphatic carbocycles. The normalized spacial score (nSPS) is 11.1. The highest BCUT2D eigenvalue weighted by atomic mass is 19.3. The Labute approximate surface area is 115 Å². The van der Waals surface area contributed by atoms with Gasteiger partial charge in [0.1, 0.15) is 12.4 Å². The Morgan fingerprint density at radius 2 is 1.95 bits per heavy atom. The second-order valence-corrected chi connectivity index (χ2v) is 4.53. The SMILES string of the molecule is Cc1cc(CO)cc(C)c1OCc1nccn1C(F)F. The third kappa shape index (κ3) is 2.96. The molecule has 1 aromatic heterocycles. The van der Waals surface area contributed by atoms with Gasteiger partial charge in [-0.25, -0.2) is 4.98 Å². The van der Waals surface area contributed by atoms with E-state index in [9.17, 15) is 8.78 Å². The van der Waals surface area contributed by atoms with Crippen molar-refractivity contribution in [3.63, 3.8) is 0 Å². The highest BCUT2D eigenvalue weighted by Crippen LogP contribution is 2.26. The van der Waals surface area contributed by atoms with Gasteiger partial charge in [-0.2, -0.15) is 8.78 Å². The molecule has 6 heteroatoms. The van der Waals surface area contributed by atoms with Crippen molar-refractivity contribution in [3.05, 3.63) is 47.0 Å². The predicted octanol–water partition coefficient (Wildman–Crippen LogP) is 2.97. The van der Waals surface area contributed by atoms with Gasteiger partial charge in [0.2, 0.25) is 0 Å². The second kappa shape index (κ2) is 6.00. The molecule has 20 heavy (non-hydrogen) atoms. The van der Waals surface area contributed by atoms with E-state index in [0.717, 1.165) is 21.3 Å². The number of hydrogen-bond acceptors (Lipinski definition) is 3. The molecule has 0 aliphatic heterocycles. The molecule has 2 aromatic rings. The van der Waals surface area contributed by atoms with Crippen molar-refractivity contribution in [2.24, 2.45) is 0 Å². The first-order chi connectivity index (χ1) is 9.52. The first-order valence-electron chi connectivity index (χ1n) is 6.16. The lowest BCUT2D eigenvalue weighted by atomic mass is 10.1. The summed E-state index contributed by atoms with van der Waals surface area (Å²) in [6.45, 7) is 0.993. The molecule has 0 spiro atoms. The summed E-state index contributed by atoms with van der Waals surface area (Å²) in [6, 6.07) is 3.61. The number of nitrogens with zero attached hydrogens (tertiary/aromatic N) is 2. The molecule has 0 unspecified atom stereocenters. The summed E-state index contributed by atoms with van der Waals surface area (Å²) in [7, 11) is 0. The number of hydrogen-bond donors (Lipinski definition) is 1. The van der Waals surface area contributed by atoms with Crippen LogP contribution in [0.2, 0.25) is 0 Å². The van der Waals surface area contributed by atoms with Crippen molar-refractivity contribution in [3.8, 4) is 5.75 Å². The zero-order valence-electron chi connectivity index (χ0n) is 11.3. The van der Waals surface area contributed by atoms with E-state index in [2.05, 4.69) is 4.98 Å². The molecule has 1 heterocycles. The van der Waals surface area contributed by atoms with E-state index in [1.165, 1.54) is 12.4 Å². The van der Waals surface area contributed by atoms with E-state index < -0.39 is 6.55 Å². The zero-order chi connectivity index (χ0) is 14.7. The number of aromatic nitrogens is 2. The Morgan fingerprint density at radius 1 is 1.30 bits per heavy atom. The minimum atomic E-state index is -2.63. The lowest BCUT2D eigenvalue weighted by Crippen LogP contribution is -2.08. The molecule has 0 fully saturated rings. The number of imidazole rings is 1. The van der Waals surface area contributed by atoms with Gasteiger partial charge >= 0.3 is 6.55 Å². The molecule has 1 aromatic carbocycles. The maximum Gasteiger partial charge on any atom is 0.320 e. The molecule has 1 N–H and O–H groups in total. The highest BCUT2D eigenvalue weighted by molar-refractivity contribution is 5.43. The van der Waals surface area contributed by atoms with Gasteiger partial charge in [0, 0.05) is 12.4 Å². The lowest BCUT2D eigenvalue weighted by Gasteiger charge is -2.14. The number of aliphatic hydroxyl groups excluding tert-OH is 1. The number of aryl methyl sites for hydroxylation is 2. The van der Waals surface area contributed by atoms with Gasteiger partial charge in [-0.15, -0.1) is 0 Å². The van der Waals surface area contributed by atoms with Gasteiger partial charge in [-0.1, -0.05) is 12.1 Å². The van der Waals surface area contributed by atoms with Crippen molar-refractivity contribution in [2.75, 3.05) is 0 Å². The third-order valence-corrected chi connectivity index (χ3v) is 3.01. The van der Waals surface area contributed by atoms with Gasteiger partial charge in [0.25, 0.3) is 0 Å². The second-order valence-electron chi connectivity index (χ2n) is 4.53. The van der Waals surface area contributed by atoms with E-state index in [1.54, 1.807) is 0 Å². The number of ether oxygens (including phenoxy) is 1. The molecular formula is C14H16F2N2O2. The average Bonchev–Trinajstić information content (AvgIpc) is 2.86. The van der Waals surface area contributed by atoms with Crippen LogP contribution in [0.3, 0.4) is 0 Å². The molecule has 2 rings (SSSR count). The molecule has 108 valence electrons. The average molecular weight is 282 g/mol. The molecular weight excluding hydrogens is 266 g/mol. The quantitative estimate of drug-likeness (QED) is 0.917. The Hall–Kier alpha value is -1.95. The molecule has 0 radical (unpaired) electrons. The van der Waals surface area contributed by atoms with Crippen LogP contribution in [0.5, 0.6) is 5.75 Å². The first-order valence-corrected chi connectivity index (χ1v) is 6.16. The van der Waals surface area contributed by atoms with Crippen molar-refractivity contribution in [2.45, 2.75) is 33.6 Å². The van der Waals surface area contributed by atoms with E-state index in [0.29, 0.717) is 5.75 Å². The van der Waals surface area contributed by atoms with Gasteiger partial charge in [-0.05, 0) is 30.5 Å². The van der Waals surface area contributed by atoms with E-state index in [-0.39, 0.29) is 19.0 Å². The first kappa shape index (κ1) is 14.5. The van der Waals surface area contributed by atoms with Crippen molar-refractivity contribution < 1.29 is 18.6 Å². The fourth-order valence-corrected chi connectivity index (χ4v) is 2.13. The van der Waals surface area contributed by atoms with Crippen LogP contribution in [0.25, 0.3) is 0 Å². The van der Waals surface area contributed by atoms with Gasteiger partial charge in [0.05, 0.1) is 6.61 Å². The minimum absolute atomic E-state index is 0.0303. The fraction of sp³-hybridized carbons (Fsp3) is 0.357. The number of alkyl halides is 2. The number of benzene rings is 1. The number of rotatable bonds is 5. The summed E-state index contributed by atoms with van der Waals surface area (Å²) in [4.78, 5) is 3.86. The van der Waals surface area contributed by atoms with Crippen molar-refractivity contribution in [1.29, 1.82) is 0 Å². The Kier molecular flexibility index (Phi) is 4.34. The van der Waals surface area contributed by atoms with Crippen LogP contribution in [0, 0.1) is 13.8 Å². The van der Waals surface area contributed by atoms with Crippen molar-refractivity contribution in [1.82, 2.24) is 9.55 Å². The monoisotopic (exact) mass is 282 g/mol. The van der Waals surface area contributed by atoms with E-state index >= 15 is 0 Å². The summed E-state index contributed by atoms with van der Waals surface area (Å²) in [5, 5.41) is 9.12. The van der Waals surface area contributed by atoms with Gasteiger partial charge in [0.15, 0.2) is 5.82 Å². The van der Waals surface area contributed by atoms with Crippen LogP contribution in [-0.2, 0) is 13.2 Å².